The van der Waals surface area contributed by atoms with E-state index in [1.165, 1.54) is 0 Å². The molecule has 1 saturated heterocycles. The Morgan fingerprint density at radius 1 is 1.47 bits per heavy atom. The van der Waals surface area contributed by atoms with Crippen molar-refractivity contribution in [2.24, 2.45) is 0 Å². The van der Waals surface area contributed by atoms with Gasteiger partial charge in [-0.3, -0.25) is 4.79 Å². The molecular formula is C13H13Cl2N3O. The SMILES string of the molecule is O=C1NCCCC1n1c(CCl)nc2c(Cl)cccc21. The standard InChI is InChI=1S/C13H13Cl2N3O/c14-7-11-17-12-8(15)3-1-4-9(12)18(11)10-5-2-6-16-13(10)19/h1,3-4,10H,2,5-7H2,(H,16,19). The van der Waals surface area contributed by atoms with Gasteiger partial charge in [-0.05, 0) is 25.0 Å². The topological polar surface area (TPSA) is 46.9 Å². The zero-order valence-corrected chi connectivity index (χ0v) is 11.7. The van der Waals surface area contributed by atoms with Crippen LogP contribution in [-0.2, 0) is 10.7 Å². The molecule has 3 rings (SSSR count). The van der Waals surface area contributed by atoms with Gasteiger partial charge in [0.15, 0.2) is 0 Å². The monoisotopic (exact) mass is 297 g/mol. The summed E-state index contributed by atoms with van der Waals surface area (Å²) in [4.78, 5) is 16.5. The summed E-state index contributed by atoms with van der Waals surface area (Å²) < 4.78 is 1.92. The van der Waals surface area contributed by atoms with Crippen molar-refractivity contribution in [1.82, 2.24) is 14.9 Å². The first kappa shape index (κ1) is 12.8. The number of aromatic nitrogens is 2. The first-order chi connectivity index (χ1) is 9.22. The Hall–Kier alpha value is -1.26. The predicted octanol–water partition coefficient (Wildman–Crippen LogP) is 2.88. The summed E-state index contributed by atoms with van der Waals surface area (Å²) in [6, 6.07) is 5.33. The second-order valence-corrected chi connectivity index (χ2v) is 5.26. The Morgan fingerprint density at radius 3 is 3.05 bits per heavy atom. The van der Waals surface area contributed by atoms with E-state index in [2.05, 4.69) is 10.3 Å². The number of alkyl halides is 1. The summed E-state index contributed by atoms with van der Waals surface area (Å²) in [5, 5.41) is 3.47. The lowest BCUT2D eigenvalue weighted by Crippen LogP contribution is -2.38. The van der Waals surface area contributed by atoms with Crippen molar-refractivity contribution in [1.29, 1.82) is 0 Å². The predicted molar refractivity (Wildman–Crippen MR) is 75.6 cm³/mol. The number of hydrogen-bond donors (Lipinski definition) is 1. The molecule has 2 aromatic rings. The van der Waals surface area contributed by atoms with Crippen molar-refractivity contribution in [3.05, 3.63) is 29.0 Å². The normalized spacial score (nSPS) is 19.7. The summed E-state index contributed by atoms with van der Waals surface area (Å²) in [5.41, 5.74) is 1.57. The highest BCUT2D eigenvalue weighted by Crippen LogP contribution is 2.30. The van der Waals surface area contributed by atoms with Gasteiger partial charge < -0.3 is 9.88 Å². The molecule has 0 radical (unpaired) electrons. The number of piperidine rings is 1. The lowest BCUT2D eigenvalue weighted by molar-refractivity contribution is -0.125. The molecule has 100 valence electrons. The third-order valence-electron chi connectivity index (χ3n) is 3.43. The van der Waals surface area contributed by atoms with Crippen LogP contribution in [0.1, 0.15) is 24.7 Å². The fourth-order valence-electron chi connectivity index (χ4n) is 2.58. The summed E-state index contributed by atoms with van der Waals surface area (Å²) in [5.74, 6) is 0.970. The van der Waals surface area contributed by atoms with E-state index in [0.29, 0.717) is 16.4 Å². The first-order valence-electron chi connectivity index (χ1n) is 6.21. The number of para-hydroxylation sites is 1. The van der Waals surface area contributed by atoms with Crippen molar-refractivity contribution in [3.8, 4) is 0 Å². The van der Waals surface area contributed by atoms with E-state index in [0.717, 1.165) is 24.9 Å². The molecule has 1 N–H and O–H groups in total. The van der Waals surface area contributed by atoms with Crippen molar-refractivity contribution in [2.45, 2.75) is 24.8 Å². The quantitative estimate of drug-likeness (QED) is 0.867. The maximum absolute atomic E-state index is 12.1. The van der Waals surface area contributed by atoms with Crippen LogP contribution in [0.2, 0.25) is 5.02 Å². The highest BCUT2D eigenvalue weighted by molar-refractivity contribution is 6.35. The van der Waals surface area contributed by atoms with Gasteiger partial charge in [0.1, 0.15) is 17.4 Å². The van der Waals surface area contributed by atoms with Gasteiger partial charge in [0.2, 0.25) is 5.91 Å². The number of nitrogens with one attached hydrogen (secondary N) is 1. The molecule has 1 unspecified atom stereocenters. The van der Waals surface area contributed by atoms with Crippen molar-refractivity contribution in [3.63, 3.8) is 0 Å². The van der Waals surface area contributed by atoms with Crippen LogP contribution in [0.5, 0.6) is 0 Å². The van der Waals surface area contributed by atoms with Gasteiger partial charge in [0, 0.05) is 6.54 Å². The van der Waals surface area contributed by atoms with Crippen molar-refractivity contribution < 1.29 is 4.79 Å². The smallest absolute Gasteiger partial charge is 0.243 e. The number of halogens is 2. The number of nitrogens with zero attached hydrogens (tertiary/aromatic N) is 2. The van der Waals surface area contributed by atoms with Gasteiger partial charge in [-0.1, -0.05) is 17.7 Å². The zero-order chi connectivity index (χ0) is 13.4. The van der Waals surface area contributed by atoms with Crippen LogP contribution >= 0.6 is 23.2 Å². The van der Waals surface area contributed by atoms with Crippen LogP contribution in [0.15, 0.2) is 18.2 Å². The van der Waals surface area contributed by atoms with Gasteiger partial charge in [0.25, 0.3) is 0 Å². The summed E-state index contributed by atoms with van der Waals surface area (Å²) in [6.07, 6.45) is 1.76. The van der Waals surface area contributed by atoms with Crippen molar-refractivity contribution in [2.75, 3.05) is 6.54 Å². The van der Waals surface area contributed by atoms with Gasteiger partial charge >= 0.3 is 0 Å². The molecule has 1 aliphatic rings. The molecule has 0 spiro atoms. The lowest BCUT2D eigenvalue weighted by Gasteiger charge is -2.24. The maximum Gasteiger partial charge on any atom is 0.243 e. The van der Waals surface area contributed by atoms with Crippen LogP contribution in [0.3, 0.4) is 0 Å². The fraction of sp³-hybridized carbons (Fsp3) is 0.385. The molecule has 2 heterocycles. The summed E-state index contributed by atoms with van der Waals surface area (Å²) >= 11 is 12.1. The average Bonchev–Trinajstić information content (AvgIpc) is 2.79. The molecular weight excluding hydrogens is 285 g/mol. The fourth-order valence-corrected chi connectivity index (χ4v) is 2.98. The lowest BCUT2D eigenvalue weighted by atomic mass is 10.1. The minimum Gasteiger partial charge on any atom is -0.354 e. The highest BCUT2D eigenvalue weighted by Gasteiger charge is 2.27. The Morgan fingerprint density at radius 2 is 2.32 bits per heavy atom. The molecule has 1 atom stereocenters. The zero-order valence-electron chi connectivity index (χ0n) is 10.2. The Labute approximate surface area is 120 Å². The van der Waals surface area contributed by atoms with Gasteiger partial charge in [-0.2, -0.15) is 0 Å². The number of benzene rings is 1. The number of carbonyl (C=O) groups excluding carboxylic acids is 1. The van der Waals surface area contributed by atoms with E-state index in [1.807, 2.05) is 16.7 Å². The van der Waals surface area contributed by atoms with Crippen LogP contribution < -0.4 is 5.32 Å². The Kier molecular flexibility index (Phi) is 3.37. The van der Waals surface area contributed by atoms with E-state index in [9.17, 15) is 4.79 Å². The average molecular weight is 298 g/mol. The van der Waals surface area contributed by atoms with E-state index in [4.69, 9.17) is 23.2 Å². The molecule has 0 saturated carbocycles. The number of carbonyl (C=O) groups is 1. The molecule has 6 heteroatoms. The number of amides is 1. The maximum atomic E-state index is 12.1. The second kappa shape index (κ2) is 5.02. The largest absolute Gasteiger partial charge is 0.354 e. The second-order valence-electron chi connectivity index (χ2n) is 4.59. The Balaban J connectivity index is 2.20. The molecule has 1 aromatic heterocycles. The summed E-state index contributed by atoms with van der Waals surface area (Å²) in [7, 11) is 0. The third kappa shape index (κ3) is 2.09. The van der Waals surface area contributed by atoms with E-state index < -0.39 is 0 Å². The Bertz CT molecular complexity index is 638. The van der Waals surface area contributed by atoms with Crippen molar-refractivity contribution >= 4 is 40.1 Å². The molecule has 1 aliphatic heterocycles. The molecule has 1 fully saturated rings. The number of fused-ring (bicyclic) bond motifs is 1. The van der Waals surface area contributed by atoms with Gasteiger partial charge in [-0.25, -0.2) is 4.98 Å². The van der Waals surface area contributed by atoms with Crippen LogP contribution in [-0.4, -0.2) is 22.0 Å². The van der Waals surface area contributed by atoms with E-state index in [-0.39, 0.29) is 17.8 Å². The van der Waals surface area contributed by atoms with E-state index in [1.54, 1.807) is 6.07 Å². The molecule has 0 bridgehead atoms. The van der Waals surface area contributed by atoms with E-state index >= 15 is 0 Å². The third-order valence-corrected chi connectivity index (χ3v) is 3.98. The van der Waals surface area contributed by atoms with Crippen LogP contribution in [0.25, 0.3) is 11.0 Å². The van der Waals surface area contributed by atoms with Crippen LogP contribution in [0.4, 0.5) is 0 Å². The molecule has 1 aromatic carbocycles. The highest BCUT2D eigenvalue weighted by atomic mass is 35.5. The summed E-state index contributed by atoms with van der Waals surface area (Å²) in [6.45, 7) is 0.735. The molecule has 19 heavy (non-hydrogen) atoms. The molecule has 1 amide bonds. The first-order valence-corrected chi connectivity index (χ1v) is 7.12. The van der Waals surface area contributed by atoms with Gasteiger partial charge in [0.05, 0.1) is 16.4 Å². The molecule has 4 nitrogen and oxygen atoms in total. The van der Waals surface area contributed by atoms with Crippen LogP contribution in [0, 0.1) is 0 Å². The number of imidazole rings is 1. The van der Waals surface area contributed by atoms with Gasteiger partial charge in [-0.15, -0.1) is 11.6 Å². The number of rotatable bonds is 2. The number of hydrogen-bond acceptors (Lipinski definition) is 2. The molecule has 0 aliphatic carbocycles. The minimum absolute atomic E-state index is 0.0249. The minimum atomic E-state index is -0.244.